The summed E-state index contributed by atoms with van der Waals surface area (Å²) in [6.07, 6.45) is 3.77. The van der Waals surface area contributed by atoms with Crippen molar-refractivity contribution < 1.29 is 9.18 Å². The molecule has 0 saturated carbocycles. The largest absolute Gasteiger partial charge is 0.372 e. The van der Waals surface area contributed by atoms with Crippen molar-refractivity contribution in [1.29, 1.82) is 0 Å². The van der Waals surface area contributed by atoms with Crippen LogP contribution in [0.5, 0.6) is 0 Å². The van der Waals surface area contributed by atoms with Gasteiger partial charge in [-0.05, 0) is 55.7 Å². The Labute approximate surface area is 182 Å². The first kappa shape index (κ1) is 20.6. The van der Waals surface area contributed by atoms with Gasteiger partial charge in [-0.3, -0.25) is 4.79 Å². The Morgan fingerprint density at radius 3 is 2.60 bits per heavy atom. The van der Waals surface area contributed by atoms with E-state index in [0.29, 0.717) is 15.2 Å². The van der Waals surface area contributed by atoms with E-state index in [4.69, 9.17) is 0 Å². The molecule has 2 aromatic carbocycles. The minimum absolute atomic E-state index is 0.107. The zero-order valence-corrected chi connectivity index (χ0v) is 17.9. The van der Waals surface area contributed by atoms with Crippen LogP contribution in [0, 0.1) is 5.82 Å². The lowest BCUT2D eigenvalue weighted by molar-refractivity contribution is -0.113. The summed E-state index contributed by atoms with van der Waals surface area (Å²) in [5, 5.41) is 14.3. The highest BCUT2D eigenvalue weighted by Gasteiger charge is 2.12. The molecule has 0 radical (unpaired) electrons. The lowest BCUT2D eigenvalue weighted by atomic mass is 10.1. The van der Waals surface area contributed by atoms with Gasteiger partial charge < -0.3 is 15.5 Å². The Balaban J connectivity index is 1.26. The summed E-state index contributed by atoms with van der Waals surface area (Å²) in [5.74, 6) is -0.237. The number of halogens is 1. The van der Waals surface area contributed by atoms with Crippen molar-refractivity contribution in [3.05, 3.63) is 54.3 Å². The number of hydrogen-bond donors (Lipinski definition) is 2. The van der Waals surface area contributed by atoms with Crippen LogP contribution in [0.3, 0.4) is 0 Å². The molecule has 30 heavy (non-hydrogen) atoms. The normalized spacial score (nSPS) is 13.8. The molecule has 0 aliphatic carbocycles. The molecule has 4 rings (SSSR count). The van der Waals surface area contributed by atoms with Crippen LogP contribution in [0.25, 0.3) is 0 Å². The van der Waals surface area contributed by atoms with Gasteiger partial charge in [0.05, 0.1) is 11.4 Å². The Morgan fingerprint density at radius 1 is 1.07 bits per heavy atom. The van der Waals surface area contributed by atoms with Gasteiger partial charge in [-0.15, -0.1) is 10.2 Å². The minimum atomic E-state index is -0.354. The number of hydrogen-bond acceptors (Lipinski definition) is 7. The quantitative estimate of drug-likeness (QED) is 0.493. The zero-order chi connectivity index (χ0) is 20.8. The van der Waals surface area contributed by atoms with Gasteiger partial charge in [0.1, 0.15) is 5.82 Å². The van der Waals surface area contributed by atoms with E-state index in [1.165, 1.54) is 54.1 Å². The fourth-order valence-electron chi connectivity index (χ4n) is 3.23. The third-order valence-electron chi connectivity index (χ3n) is 4.72. The van der Waals surface area contributed by atoms with Gasteiger partial charge in [0.15, 0.2) is 4.34 Å². The maximum Gasteiger partial charge on any atom is 0.234 e. The van der Waals surface area contributed by atoms with Crippen molar-refractivity contribution in [3.63, 3.8) is 0 Å². The first-order valence-electron chi connectivity index (χ1n) is 9.80. The molecule has 2 N–H and O–H groups in total. The number of benzene rings is 2. The minimum Gasteiger partial charge on any atom is -0.372 e. The number of anilines is 4. The second kappa shape index (κ2) is 9.90. The van der Waals surface area contributed by atoms with Crippen LogP contribution >= 0.6 is 23.1 Å². The number of para-hydroxylation sites is 1. The SMILES string of the molecule is O=C(CSc1nnc(Nc2ccccc2F)s1)Nc1ccc(N2CCCCC2)cc1. The van der Waals surface area contributed by atoms with Crippen molar-refractivity contribution in [3.8, 4) is 0 Å². The molecule has 0 spiro atoms. The molecule has 1 saturated heterocycles. The van der Waals surface area contributed by atoms with Crippen LogP contribution < -0.4 is 15.5 Å². The highest BCUT2D eigenvalue weighted by atomic mass is 32.2. The van der Waals surface area contributed by atoms with Gasteiger partial charge in [-0.25, -0.2) is 4.39 Å². The van der Waals surface area contributed by atoms with Gasteiger partial charge >= 0.3 is 0 Å². The van der Waals surface area contributed by atoms with E-state index in [-0.39, 0.29) is 17.5 Å². The van der Waals surface area contributed by atoms with E-state index >= 15 is 0 Å². The van der Waals surface area contributed by atoms with Crippen LogP contribution in [0.2, 0.25) is 0 Å². The predicted octanol–water partition coefficient (Wildman–Crippen LogP) is 5.14. The summed E-state index contributed by atoms with van der Waals surface area (Å²) < 4.78 is 14.3. The number of carbonyl (C=O) groups excluding carboxylic acids is 1. The highest BCUT2D eigenvalue weighted by molar-refractivity contribution is 8.01. The standard InChI is InChI=1S/C21H22FN5OS2/c22-17-6-2-3-7-18(17)24-20-25-26-21(30-20)29-14-19(28)23-15-8-10-16(11-9-15)27-12-4-1-5-13-27/h2-3,6-11H,1,4-5,12-14H2,(H,23,28)(H,24,25). The maximum atomic E-state index is 13.7. The molecule has 0 atom stereocenters. The van der Waals surface area contributed by atoms with Crippen molar-refractivity contribution in [1.82, 2.24) is 10.2 Å². The Kier molecular flexibility index (Phi) is 6.81. The topological polar surface area (TPSA) is 70.1 Å². The van der Waals surface area contributed by atoms with Crippen LogP contribution in [-0.4, -0.2) is 34.9 Å². The van der Waals surface area contributed by atoms with Gasteiger partial charge in [-0.2, -0.15) is 0 Å². The van der Waals surface area contributed by atoms with Crippen molar-refractivity contribution in [2.45, 2.75) is 23.6 Å². The van der Waals surface area contributed by atoms with E-state index < -0.39 is 0 Å². The van der Waals surface area contributed by atoms with Crippen LogP contribution in [0.4, 0.5) is 26.6 Å². The summed E-state index contributed by atoms with van der Waals surface area (Å²) in [6, 6.07) is 14.4. The average molecular weight is 444 g/mol. The summed E-state index contributed by atoms with van der Waals surface area (Å²) in [6.45, 7) is 2.19. The Bertz CT molecular complexity index is 989. The van der Waals surface area contributed by atoms with Crippen LogP contribution in [0.15, 0.2) is 52.9 Å². The third-order valence-corrected chi connectivity index (χ3v) is 6.69. The fraction of sp³-hybridized carbons (Fsp3) is 0.286. The number of rotatable bonds is 7. The van der Waals surface area contributed by atoms with Gasteiger partial charge in [-0.1, -0.05) is 35.2 Å². The lowest BCUT2D eigenvalue weighted by Crippen LogP contribution is -2.29. The van der Waals surface area contributed by atoms with Crippen LogP contribution in [0.1, 0.15) is 19.3 Å². The summed E-state index contributed by atoms with van der Waals surface area (Å²) >= 11 is 2.58. The number of piperidine rings is 1. The first-order valence-corrected chi connectivity index (χ1v) is 11.6. The van der Waals surface area contributed by atoms with E-state index in [1.54, 1.807) is 18.2 Å². The lowest BCUT2D eigenvalue weighted by Gasteiger charge is -2.28. The molecule has 1 amide bonds. The number of nitrogens with zero attached hydrogens (tertiary/aromatic N) is 3. The molecule has 2 heterocycles. The molecule has 0 unspecified atom stereocenters. The molecule has 3 aromatic rings. The molecule has 1 aliphatic heterocycles. The first-order chi connectivity index (χ1) is 14.7. The molecule has 9 heteroatoms. The van der Waals surface area contributed by atoms with Crippen molar-refractivity contribution in [2.75, 3.05) is 34.4 Å². The van der Waals surface area contributed by atoms with Gasteiger partial charge in [0, 0.05) is 24.5 Å². The van der Waals surface area contributed by atoms with E-state index in [2.05, 4.69) is 37.9 Å². The van der Waals surface area contributed by atoms with Crippen LogP contribution in [-0.2, 0) is 4.79 Å². The van der Waals surface area contributed by atoms with E-state index in [9.17, 15) is 9.18 Å². The highest BCUT2D eigenvalue weighted by Crippen LogP contribution is 2.28. The summed E-state index contributed by atoms with van der Waals surface area (Å²) in [7, 11) is 0. The third kappa shape index (κ3) is 5.48. The molecule has 156 valence electrons. The van der Waals surface area contributed by atoms with Crippen molar-refractivity contribution in [2.24, 2.45) is 0 Å². The molecule has 6 nitrogen and oxygen atoms in total. The van der Waals surface area contributed by atoms with Gasteiger partial charge in [0.25, 0.3) is 0 Å². The van der Waals surface area contributed by atoms with E-state index in [0.717, 1.165) is 18.8 Å². The van der Waals surface area contributed by atoms with Crippen molar-refractivity contribution >= 4 is 51.2 Å². The number of amides is 1. The molecule has 0 bridgehead atoms. The number of carbonyl (C=O) groups is 1. The average Bonchev–Trinajstić information content (AvgIpc) is 3.22. The summed E-state index contributed by atoms with van der Waals surface area (Å²) in [5.41, 5.74) is 2.32. The fourth-order valence-corrected chi connectivity index (χ4v) is 4.79. The Morgan fingerprint density at radius 2 is 1.83 bits per heavy atom. The molecular formula is C21H22FN5OS2. The monoisotopic (exact) mass is 443 g/mol. The second-order valence-electron chi connectivity index (χ2n) is 6.91. The molecule has 1 aromatic heterocycles. The van der Waals surface area contributed by atoms with E-state index in [1.807, 2.05) is 12.1 Å². The zero-order valence-electron chi connectivity index (χ0n) is 16.3. The summed E-state index contributed by atoms with van der Waals surface area (Å²) in [4.78, 5) is 14.6. The molecule has 1 fully saturated rings. The molecule has 1 aliphatic rings. The predicted molar refractivity (Wildman–Crippen MR) is 121 cm³/mol. The Hall–Kier alpha value is -2.65. The number of nitrogens with one attached hydrogen (secondary N) is 2. The number of aromatic nitrogens is 2. The smallest absolute Gasteiger partial charge is 0.234 e. The maximum absolute atomic E-state index is 13.7. The second-order valence-corrected chi connectivity index (χ2v) is 9.11. The molecular weight excluding hydrogens is 421 g/mol. The van der Waals surface area contributed by atoms with Gasteiger partial charge in [0.2, 0.25) is 11.0 Å². The number of thioether (sulfide) groups is 1.